The lowest BCUT2D eigenvalue weighted by Crippen LogP contribution is -2.30. The summed E-state index contributed by atoms with van der Waals surface area (Å²) in [7, 11) is 1.59. The number of ketones is 2. The van der Waals surface area contributed by atoms with E-state index in [2.05, 4.69) is 6.08 Å². The number of hydrogen-bond donors (Lipinski definition) is 0. The second-order valence-corrected chi connectivity index (χ2v) is 5.97. The summed E-state index contributed by atoms with van der Waals surface area (Å²) in [6, 6.07) is 16.0. The molecule has 0 bridgehead atoms. The lowest BCUT2D eigenvalue weighted by atomic mass is 9.80. The fourth-order valence-electron chi connectivity index (χ4n) is 3.16. The maximum Gasteiger partial charge on any atom is 0.174 e. The highest BCUT2D eigenvalue weighted by Gasteiger charge is 2.35. The molecule has 24 heavy (non-hydrogen) atoms. The molecule has 0 saturated heterocycles. The molecule has 0 fully saturated rings. The van der Waals surface area contributed by atoms with Crippen molar-refractivity contribution >= 4 is 11.6 Å². The van der Waals surface area contributed by atoms with E-state index in [0.717, 1.165) is 12.8 Å². The molecule has 122 valence electrons. The maximum atomic E-state index is 13.1. The Balaban J connectivity index is 1.93. The molecule has 0 N–H and O–H groups in total. The minimum absolute atomic E-state index is 0.0349. The molecular formula is C21H20O3. The van der Waals surface area contributed by atoms with Crippen LogP contribution in [0.15, 0.2) is 66.7 Å². The SMILES string of the molecule is COc1ccc(C(=O)C(C(=O)c2ccccc2)C2C=CCC2)cc1. The van der Waals surface area contributed by atoms with Gasteiger partial charge in [-0.3, -0.25) is 9.59 Å². The van der Waals surface area contributed by atoms with Crippen LogP contribution in [0, 0.1) is 11.8 Å². The van der Waals surface area contributed by atoms with E-state index in [0.29, 0.717) is 16.9 Å². The molecule has 0 heterocycles. The molecule has 2 aromatic rings. The number of carbonyl (C=O) groups excluding carboxylic acids is 2. The molecule has 2 aromatic carbocycles. The molecule has 0 saturated carbocycles. The van der Waals surface area contributed by atoms with Crippen molar-refractivity contribution < 1.29 is 14.3 Å². The monoisotopic (exact) mass is 320 g/mol. The Morgan fingerprint density at radius 2 is 1.58 bits per heavy atom. The maximum absolute atomic E-state index is 13.1. The normalized spacial score (nSPS) is 17.5. The van der Waals surface area contributed by atoms with Crippen LogP contribution in [0.4, 0.5) is 0 Å². The van der Waals surface area contributed by atoms with Crippen LogP contribution in [-0.4, -0.2) is 18.7 Å². The summed E-state index contributed by atoms with van der Waals surface area (Å²) >= 11 is 0. The minimum Gasteiger partial charge on any atom is -0.497 e. The summed E-state index contributed by atoms with van der Waals surface area (Å²) in [5.74, 6) is -0.235. The van der Waals surface area contributed by atoms with Gasteiger partial charge in [-0.05, 0) is 43.0 Å². The Morgan fingerprint density at radius 3 is 2.12 bits per heavy atom. The molecule has 0 spiro atoms. The van der Waals surface area contributed by atoms with E-state index in [1.807, 2.05) is 24.3 Å². The van der Waals surface area contributed by atoms with Gasteiger partial charge in [0.2, 0.25) is 0 Å². The largest absolute Gasteiger partial charge is 0.497 e. The molecule has 3 heteroatoms. The van der Waals surface area contributed by atoms with Crippen LogP contribution in [0.25, 0.3) is 0 Å². The van der Waals surface area contributed by atoms with Gasteiger partial charge in [0.1, 0.15) is 5.75 Å². The summed E-state index contributed by atoms with van der Waals surface area (Å²) < 4.78 is 5.14. The fourth-order valence-corrected chi connectivity index (χ4v) is 3.16. The molecule has 1 aliphatic carbocycles. The summed E-state index contributed by atoms with van der Waals surface area (Å²) in [4.78, 5) is 26.0. The Morgan fingerprint density at radius 1 is 0.958 bits per heavy atom. The van der Waals surface area contributed by atoms with E-state index < -0.39 is 5.92 Å². The smallest absolute Gasteiger partial charge is 0.174 e. The number of ether oxygens (including phenoxy) is 1. The van der Waals surface area contributed by atoms with Crippen molar-refractivity contribution in [2.24, 2.45) is 11.8 Å². The van der Waals surface area contributed by atoms with Crippen LogP contribution < -0.4 is 4.74 Å². The van der Waals surface area contributed by atoms with Crippen molar-refractivity contribution in [3.63, 3.8) is 0 Å². The lowest BCUT2D eigenvalue weighted by molar-refractivity contribution is 0.0770. The highest BCUT2D eigenvalue weighted by molar-refractivity contribution is 6.16. The number of allylic oxidation sites excluding steroid dienone is 2. The van der Waals surface area contributed by atoms with E-state index in [-0.39, 0.29) is 17.5 Å². The summed E-state index contributed by atoms with van der Waals surface area (Å²) in [5, 5.41) is 0. The number of hydrogen-bond acceptors (Lipinski definition) is 3. The van der Waals surface area contributed by atoms with E-state index in [4.69, 9.17) is 4.74 Å². The van der Waals surface area contributed by atoms with Gasteiger partial charge < -0.3 is 4.74 Å². The lowest BCUT2D eigenvalue weighted by Gasteiger charge is -2.20. The molecule has 0 amide bonds. The second-order valence-electron chi connectivity index (χ2n) is 5.97. The summed E-state index contributed by atoms with van der Waals surface area (Å²) in [6.45, 7) is 0. The Hall–Kier alpha value is -2.68. The van der Waals surface area contributed by atoms with Gasteiger partial charge in [-0.1, -0.05) is 42.5 Å². The average molecular weight is 320 g/mol. The molecule has 0 aromatic heterocycles. The van der Waals surface area contributed by atoms with Crippen LogP contribution >= 0.6 is 0 Å². The minimum atomic E-state index is -0.667. The van der Waals surface area contributed by atoms with Crippen molar-refractivity contribution in [3.05, 3.63) is 77.9 Å². The standard InChI is InChI=1S/C21H20O3/c1-24-18-13-11-17(12-14-18)21(23)19(15-7-5-6-8-15)20(22)16-9-3-2-4-10-16/h2-5,7,9-15,19H,6,8H2,1H3. The molecule has 3 nitrogen and oxygen atoms in total. The van der Waals surface area contributed by atoms with Gasteiger partial charge in [-0.25, -0.2) is 0 Å². The van der Waals surface area contributed by atoms with Crippen molar-refractivity contribution in [2.75, 3.05) is 7.11 Å². The Labute approximate surface area is 142 Å². The number of methoxy groups -OCH3 is 1. The third kappa shape index (κ3) is 3.30. The predicted octanol–water partition coefficient (Wildman–Crippen LogP) is 4.34. The van der Waals surface area contributed by atoms with Crippen LogP contribution in [0.2, 0.25) is 0 Å². The quantitative estimate of drug-likeness (QED) is 0.452. The van der Waals surface area contributed by atoms with E-state index in [1.165, 1.54) is 0 Å². The Bertz CT molecular complexity index is 744. The summed E-state index contributed by atoms with van der Waals surface area (Å²) in [5.41, 5.74) is 1.13. The molecule has 2 unspecified atom stereocenters. The zero-order valence-electron chi connectivity index (χ0n) is 13.6. The molecule has 2 atom stereocenters. The first-order valence-electron chi connectivity index (χ1n) is 8.15. The third-order valence-electron chi connectivity index (χ3n) is 4.48. The zero-order chi connectivity index (χ0) is 16.9. The zero-order valence-corrected chi connectivity index (χ0v) is 13.6. The van der Waals surface area contributed by atoms with Gasteiger partial charge in [0.05, 0.1) is 13.0 Å². The third-order valence-corrected chi connectivity index (χ3v) is 4.48. The van der Waals surface area contributed by atoms with Crippen molar-refractivity contribution in [3.8, 4) is 5.75 Å². The molecule has 0 radical (unpaired) electrons. The molecule has 3 rings (SSSR count). The average Bonchev–Trinajstić information content (AvgIpc) is 3.16. The highest BCUT2D eigenvalue weighted by Crippen LogP contribution is 2.31. The second kappa shape index (κ2) is 7.26. The van der Waals surface area contributed by atoms with Crippen LogP contribution in [-0.2, 0) is 0 Å². The van der Waals surface area contributed by atoms with Gasteiger partial charge in [0.25, 0.3) is 0 Å². The number of rotatable bonds is 6. The first-order chi connectivity index (χ1) is 11.7. The van der Waals surface area contributed by atoms with Crippen LogP contribution in [0.5, 0.6) is 5.75 Å². The molecule has 1 aliphatic rings. The van der Waals surface area contributed by atoms with E-state index in [9.17, 15) is 9.59 Å². The molecular weight excluding hydrogens is 300 g/mol. The van der Waals surface area contributed by atoms with E-state index >= 15 is 0 Å². The number of Topliss-reactive ketones (excluding diaryl/α,β-unsaturated/α-hetero) is 2. The van der Waals surface area contributed by atoms with Crippen molar-refractivity contribution in [1.82, 2.24) is 0 Å². The highest BCUT2D eigenvalue weighted by atomic mass is 16.5. The van der Waals surface area contributed by atoms with E-state index in [1.54, 1.807) is 43.5 Å². The Kier molecular flexibility index (Phi) is 4.90. The number of benzene rings is 2. The van der Waals surface area contributed by atoms with Gasteiger partial charge in [-0.15, -0.1) is 0 Å². The van der Waals surface area contributed by atoms with Crippen LogP contribution in [0.1, 0.15) is 33.6 Å². The van der Waals surface area contributed by atoms with Gasteiger partial charge >= 0.3 is 0 Å². The van der Waals surface area contributed by atoms with Gasteiger partial charge in [0.15, 0.2) is 11.6 Å². The first-order valence-corrected chi connectivity index (χ1v) is 8.15. The molecule has 0 aliphatic heterocycles. The topological polar surface area (TPSA) is 43.4 Å². The van der Waals surface area contributed by atoms with Gasteiger partial charge in [-0.2, -0.15) is 0 Å². The van der Waals surface area contributed by atoms with Crippen molar-refractivity contribution in [2.45, 2.75) is 12.8 Å². The number of carbonyl (C=O) groups is 2. The van der Waals surface area contributed by atoms with Gasteiger partial charge in [0, 0.05) is 11.1 Å². The fraction of sp³-hybridized carbons (Fsp3) is 0.238. The predicted molar refractivity (Wildman–Crippen MR) is 93.5 cm³/mol. The van der Waals surface area contributed by atoms with Crippen LogP contribution in [0.3, 0.4) is 0 Å². The first kappa shape index (κ1) is 16.2. The van der Waals surface area contributed by atoms with Crippen molar-refractivity contribution in [1.29, 1.82) is 0 Å². The summed E-state index contributed by atoms with van der Waals surface area (Å²) in [6.07, 6.45) is 5.81.